The molecule has 35 heavy (non-hydrogen) atoms. The summed E-state index contributed by atoms with van der Waals surface area (Å²) in [5.74, 6) is -0.715. The minimum Gasteiger partial charge on any atom is -0.497 e. The minimum atomic E-state index is -0.679. The van der Waals surface area contributed by atoms with Gasteiger partial charge in [-0.2, -0.15) is 0 Å². The summed E-state index contributed by atoms with van der Waals surface area (Å²) in [7, 11) is 3.02. The van der Waals surface area contributed by atoms with E-state index < -0.39 is 17.7 Å². The molecule has 0 aromatic heterocycles. The van der Waals surface area contributed by atoms with Gasteiger partial charge in [0.15, 0.2) is 0 Å². The van der Waals surface area contributed by atoms with Crippen LogP contribution in [-0.4, -0.2) is 31.9 Å². The number of benzene rings is 3. The van der Waals surface area contributed by atoms with Crippen molar-refractivity contribution in [1.82, 2.24) is 0 Å². The molecule has 10 heteroatoms. The van der Waals surface area contributed by atoms with Gasteiger partial charge < -0.3 is 20.1 Å². The first kappa shape index (κ1) is 24.1. The second kappa shape index (κ2) is 10.1. The predicted octanol–water partition coefficient (Wildman–Crippen LogP) is 5.05. The first-order valence-corrected chi connectivity index (χ1v) is 11.0. The van der Waals surface area contributed by atoms with Crippen LogP contribution in [-0.2, 0) is 9.59 Å². The maximum absolute atomic E-state index is 13.0. The van der Waals surface area contributed by atoms with Gasteiger partial charge in [0, 0.05) is 22.3 Å². The lowest BCUT2D eigenvalue weighted by Crippen LogP contribution is -2.32. The van der Waals surface area contributed by atoms with E-state index in [0.29, 0.717) is 39.1 Å². The van der Waals surface area contributed by atoms with Crippen LogP contribution in [0, 0.1) is 0 Å². The molecule has 0 fully saturated rings. The Balaban J connectivity index is 1.54. The molecule has 2 N–H and O–H groups in total. The number of rotatable bonds is 7. The van der Waals surface area contributed by atoms with Gasteiger partial charge in [-0.15, -0.1) is 0 Å². The Morgan fingerprint density at radius 3 is 2.37 bits per heavy atom. The molecular weight excluding hydrogens is 493 g/mol. The Labute approximate surface area is 211 Å². The molecule has 3 aromatic rings. The standard InChI is InChI=1S/C25H19Cl2N3O5/c1-34-18-9-10-19(20(13-18)35-2)29-23(31)14-5-3-7-16(11-14)28-22-21(27)24(32)30(25(22)33)17-8-4-6-15(26)12-17/h3-13,28H,1-2H3,(H,29,31). The quantitative estimate of drug-likeness (QED) is 0.431. The number of nitrogens with zero attached hydrogens (tertiary/aromatic N) is 1. The van der Waals surface area contributed by atoms with E-state index in [2.05, 4.69) is 10.6 Å². The summed E-state index contributed by atoms with van der Waals surface area (Å²) in [6, 6.07) is 17.7. The second-order valence-corrected chi connectivity index (χ2v) is 8.16. The van der Waals surface area contributed by atoms with Gasteiger partial charge >= 0.3 is 0 Å². The molecule has 1 aliphatic rings. The van der Waals surface area contributed by atoms with E-state index in [-0.39, 0.29) is 10.7 Å². The van der Waals surface area contributed by atoms with Crippen molar-refractivity contribution in [3.63, 3.8) is 0 Å². The Bertz CT molecular complexity index is 1370. The number of hydrogen-bond donors (Lipinski definition) is 2. The zero-order valence-corrected chi connectivity index (χ0v) is 20.1. The molecule has 4 rings (SSSR count). The van der Waals surface area contributed by atoms with Crippen molar-refractivity contribution >= 4 is 58.0 Å². The van der Waals surface area contributed by atoms with Gasteiger partial charge in [0.05, 0.1) is 25.6 Å². The molecule has 0 atom stereocenters. The molecule has 0 bridgehead atoms. The largest absolute Gasteiger partial charge is 0.497 e. The number of halogens is 2. The lowest BCUT2D eigenvalue weighted by Gasteiger charge is -2.15. The number of amides is 3. The number of hydrogen-bond acceptors (Lipinski definition) is 6. The van der Waals surface area contributed by atoms with Gasteiger partial charge in [0.2, 0.25) is 0 Å². The van der Waals surface area contributed by atoms with Crippen molar-refractivity contribution in [2.75, 3.05) is 29.8 Å². The van der Waals surface area contributed by atoms with E-state index in [4.69, 9.17) is 32.7 Å². The Morgan fingerprint density at radius 2 is 1.66 bits per heavy atom. The highest BCUT2D eigenvalue weighted by molar-refractivity contribution is 6.53. The van der Waals surface area contributed by atoms with E-state index in [1.165, 1.54) is 26.4 Å². The molecule has 0 saturated heterocycles. The Morgan fingerprint density at radius 1 is 0.886 bits per heavy atom. The molecular formula is C25H19Cl2N3O5. The van der Waals surface area contributed by atoms with Crippen LogP contribution in [0.5, 0.6) is 11.5 Å². The van der Waals surface area contributed by atoms with Crippen LogP contribution in [0.1, 0.15) is 10.4 Å². The summed E-state index contributed by atoms with van der Waals surface area (Å²) in [4.78, 5) is 39.4. The fourth-order valence-corrected chi connectivity index (χ4v) is 3.84. The Hall–Kier alpha value is -4.01. The van der Waals surface area contributed by atoms with E-state index in [1.54, 1.807) is 54.6 Å². The lowest BCUT2D eigenvalue weighted by molar-refractivity contribution is -0.120. The summed E-state index contributed by atoms with van der Waals surface area (Å²) in [5.41, 5.74) is 1.33. The molecule has 0 aliphatic carbocycles. The first-order chi connectivity index (χ1) is 16.8. The first-order valence-electron chi connectivity index (χ1n) is 10.3. The molecule has 0 unspecified atom stereocenters. The van der Waals surface area contributed by atoms with E-state index in [9.17, 15) is 14.4 Å². The predicted molar refractivity (Wildman–Crippen MR) is 134 cm³/mol. The van der Waals surface area contributed by atoms with Gasteiger partial charge in [-0.25, -0.2) is 4.90 Å². The number of ether oxygens (including phenoxy) is 2. The van der Waals surface area contributed by atoms with Crippen molar-refractivity contribution < 1.29 is 23.9 Å². The molecule has 3 aromatic carbocycles. The normalized spacial score (nSPS) is 13.2. The topological polar surface area (TPSA) is 97.0 Å². The number of anilines is 3. The van der Waals surface area contributed by atoms with Gasteiger partial charge in [0.25, 0.3) is 17.7 Å². The molecule has 1 heterocycles. The lowest BCUT2D eigenvalue weighted by atomic mass is 10.1. The van der Waals surface area contributed by atoms with Crippen molar-refractivity contribution in [2.24, 2.45) is 0 Å². The number of methoxy groups -OCH3 is 2. The molecule has 0 spiro atoms. The minimum absolute atomic E-state index is 0.106. The van der Waals surface area contributed by atoms with Crippen molar-refractivity contribution in [3.8, 4) is 11.5 Å². The van der Waals surface area contributed by atoms with Crippen LogP contribution >= 0.6 is 23.2 Å². The van der Waals surface area contributed by atoms with E-state index in [1.807, 2.05) is 0 Å². The van der Waals surface area contributed by atoms with Crippen LogP contribution in [0.4, 0.5) is 17.1 Å². The third kappa shape index (κ3) is 4.94. The molecule has 1 aliphatic heterocycles. The highest BCUT2D eigenvalue weighted by atomic mass is 35.5. The van der Waals surface area contributed by atoms with Crippen LogP contribution in [0.25, 0.3) is 0 Å². The highest BCUT2D eigenvalue weighted by Gasteiger charge is 2.39. The van der Waals surface area contributed by atoms with Crippen LogP contribution in [0.2, 0.25) is 5.02 Å². The highest BCUT2D eigenvalue weighted by Crippen LogP contribution is 2.32. The number of carbonyl (C=O) groups is 3. The van der Waals surface area contributed by atoms with Crippen molar-refractivity contribution in [2.45, 2.75) is 0 Å². The van der Waals surface area contributed by atoms with E-state index in [0.717, 1.165) is 4.90 Å². The van der Waals surface area contributed by atoms with Gasteiger partial charge in [-0.3, -0.25) is 14.4 Å². The van der Waals surface area contributed by atoms with Crippen LogP contribution < -0.4 is 25.0 Å². The summed E-state index contributed by atoms with van der Waals surface area (Å²) in [6.07, 6.45) is 0. The van der Waals surface area contributed by atoms with Crippen LogP contribution in [0.3, 0.4) is 0 Å². The zero-order valence-electron chi connectivity index (χ0n) is 18.6. The number of nitrogens with one attached hydrogen (secondary N) is 2. The fraction of sp³-hybridized carbons (Fsp3) is 0.0800. The monoisotopic (exact) mass is 511 g/mol. The molecule has 8 nitrogen and oxygen atoms in total. The molecule has 178 valence electrons. The maximum Gasteiger partial charge on any atom is 0.283 e. The number of imide groups is 1. The number of carbonyl (C=O) groups excluding carboxylic acids is 3. The summed E-state index contributed by atoms with van der Waals surface area (Å²) in [5, 5.41) is 5.74. The third-order valence-electron chi connectivity index (χ3n) is 5.14. The molecule has 0 saturated carbocycles. The molecule has 0 radical (unpaired) electrons. The van der Waals surface area contributed by atoms with Crippen molar-refractivity contribution in [3.05, 3.63) is 88.0 Å². The van der Waals surface area contributed by atoms with Gasteiger partial charge in [-0.1, -0.05) is 35.3 Å². The zero-order chi connectivity index (χ0) is 25.1. The maximum atomic E-state index is 13.0. The van der Waals surface area contributed by atoms with Gasteiger partial charge in [-0.05, 0) is 48.5 Å². The summed E-state index contributed by atoms with van der Waals surface area (Å²) in [6.45, 7) is 0. The second-order valence-electron chi connectivity index (χ2n) is 7.34. The van der Waals surface area contributed by atoms with E-state index >= 15 is 0 Å². The van der Waals surface area contributed by atoms with Crippen LogP contribution in [0.15, 0.2) is 77.5 Å². The average Bonchev–Trinajstić information content (AvgIpc) is 3.07. The summed E-state index contributed by atoms with van der Waals surface area (Å²) < 4.78 is 10.5. The van der Waals surface area contributed by atoms with Gasteiger partial charge in [0.1, 0.15) is 22.2 Å². The SMILES string of the molecule is COc1ccc(NC(=O)c2cccc(NC3=C(Cl)C(=O)N(c4cccc(Cl)c4)C3=O)c2)c(OC)c1. The fourth-order valence-electron chi connectivity index (χ4n) is 3.44. The van der Waals surface area contributed by atoms with Crippen molar-refractivity contribution in [1.29, 1.82) is 0 Å². The Kier molecular flexibility index (Phi) is 6.95. The smallest absolute Gasteiger partial charge is 0.283 e. The average molecular weight is 512 g/mol. The third-order valence-corrected chi connectivity index (χ3v) is 5.73. The molecule has 3 amide bonds. The summed E-state index contributed by atoms with van der Waals surface area (Å²) >= 11 is 12.2.